The van der Waals surface area contributed by atoms with Crippen LogP contribution in [0, 0.1) is 35.5 Å². The molecule has 5 N–H and O–H groups in total. The SMILES string of the molecule is O=C(O)[C@H]1O[C@@H](OC(=O)[C@@H]2CCCC[C@H]2CN2C(=O)[C@@H]3[C@H](C2=O)[C@H]2CC[C@@H]3C2O)[C@H](O)[C@@H](O)[C@@H]1O. The van der Waals surface area contributed by atoms with Crippen molar-refractivity contribution in [1.82, 2.24) is 4.90 Å². The van der Waals surface area contributed by atoms with Gasteiger partial charge in [0.05, 0.1) is 23.9 Å². The second-order valence-electron chi connectivity index (χ2n) is 10.6. The molecule has 12 heteroatoms. The third kappa shape index (κ3) is 3.86. The molecule has 0 aromatic rings. The average Bonchev–Trinajstić information content (AvgIpc) is 3.42. The van der Waals surface area contributed by atoms with Crippen LogP contribution in [-0.2, 0) is 28.7 Å². The zero-order valence-corrected chi connectivity index (χ0v) is 19.0. The number of aliphatic carboxylic acids is 1. The number of hydrogen-bond acceptors (Lipinski definition) is 10. The summed E-state index contributed by atoms with van der Waals surface area (Å²) in [6, 6.07) is 0. The van der Waals surface area contributed by atoms with Gasteiger partial charge in [-0.3, -0.25) is 19.3 Å². The first-order valence-corrected chi connectivity index (χ1v) is 12.3. The Bertz CT molecular complexity index is 880. The van der Waals surface area contributed by atoms with Gasteiger partial charge in [-0.25, -0.2) is 4.79 Å². The van der Waals surface area contributed by atoms with E-state index in [4.69, 9.17) is 9.47 Å². The van der Waals surface area contributed by atoms with Crippen LogP contribution >= 0.6 is 0 Å². The topological polar surface area (TPSA) is 191 Å². The molecule has 0 aromatic heterocycles. The number of carboxylic acids is 1. The molecule has 12 atom stereocenters. The summed E-state index contributed by atoms with van der Waals surface area (Å²) < 4.78 is 10.3. The average molecular weight is 497 g/mol. The fraction of sp³-hybridized carbons (Fsp3) is 0.826. The minimum absolute atomic E-state index is 0.0487. The van der Waals surface area contributed by atoms with E-state index < -0.39 is 72.4 Å². The molecular formula is C23H31NO11. The maximum Gasteiger partial charge on any atom is 0.335 e. The number of amides is 2. The number of hydrogen-bond donors (Lipinski definition) is 5. The molecule has 5 rings (SSSR count). The Hall–Kier alpha value is -2.12. The van der Waals surface area contributed by atoms with Crippen LogP contribution in [0.2, 0.25) is 0 Å². The molecule has 0 spiro atoms. The Morgan fingerprint density at radius 3 is 2.06 bits per heavy atom. The summed E-state index contributed by atoms with van der Waals surface area (Å²) >= 11 is 0. The summed E-state index contributed by atoms with van der Waals surface area (Å²) in [5.74, 6) is -5.49. The van der Waals surface area contributed by atoms with Gasteiger partial charge in [0.25, 0.3) is 0 Å². The third-order valence-electron chi connectivity index (χ3n) is 8.80. The van der Waals surface area contributed by atoms with E-state index in [0.29, 0.717) is 19.3 Å². The predicted octanol–water partition coefficient (Wildman–Crippen LogP) is -1.77. The van der Waals surface area contributed by atoms with Crippen molar-refractivity contribution in [2.24, 2.45) is 35.5 Å². The standard InChI is InChI=1S/C23H31NO11/c25-14-10-5-6-11(14)13-12(10)19(29)24(20(13)30)7-8-3-1-2-4-9(8)22(33)35-23-17(28)15(26)16(27)18(34-23)21(31)32/h8-18,23,25-28H,1-7H2,(H,31,32)/t8-,9+,10-,11+,12-,13+,14?,15-,16-,17+,18-,23-/m0/s1. The number of esters is 1. The number of aliphatic hydroxyl groups is 4. The summed E-state index contributed by atoms with van der Waals surface area (Å²) in [5, 5.41) is 49.5. The third-order valence-corrected chi connectivity index (χ3v) is 8.80. The fourth-order valence-electron chi connectivity index (χ4n) is 7.00. The van der Waals surface area contributed by atoms with Gasteiger partial charge in [-0.2, -0.15) is 0 Å². The van der Waals surface area contributed by atoms with Crippen molar-refractivity contribution in [3.05, 3.63) is 0 Å². The Balaban J connectivity index is 1.27. The van der Waals surface area contributed by atoms with Crippen molar-refractivity contribution >= 4 is 23.8 Å². The van der Waals surface area contributed by atoms with Gasteiger partial charge in [-0.15, -0.1) is 0 Å². The van der Waals surface area contributed by atoms with Gasteiger partial charge < -0.3 is 35.0 Å². The number of rotatable bonds is 5. The highest BCUT2D eigenvalue weighted by Gasteiger charge is 2.65. The summed E-state index contributed by atoms with van der Waals surface area (Å²) in [6.07, 6.45) is -6.05. The van der Waals surface area contributed by atoms with Gasteiger partial charge >= 0.3 is 11.9 Å². The molecule has 2 saturated heterocycles. The Morgan fingerprint density at radius 2 is 1.46 bits per heavy atom. The molecule has 1 unspecified atom stereocenters. The van der Waals surface area contributed by atoms with Crippen LogP contribution in [0.1, 0.15) is 38.5 Å². The van der Waals surface area contributed by atoms with Crippen LogP contribution in [-0.4, -0.2) is 97.5 Å². The molecule has 0 radical (unpaired) electrons. The van der Waals surface area contributed by atoms with Gasteiger partial charge in [0.15, 0.2) is 6.10 Å². The number of carbonyl (C=O) groups is 4. The molecule has 2 bridgehead atoms. The van der Waals surface area contributed by atoms with E-state index >= 15 is 0 Å². The van der Waals surface area contributed by atoms with E-state index in [9.17, 15) is 44.7 Å². The van der Waals surface area contributed by atoms with Crippen molar-refractivity contribution in [1.29, 1.82) is 0 Å². The van der Waals surface area contributed by atoms with Crippen LogP contribution in [0.4, 0.5) is 0 Å². The molecule has 0 aromatic carbocycles. The van der Waals surface area contributed by atoms with Crippen LogP contribution in [0.3, 0.4) is 0 Å². The number of carboxylic acid groups (broad SMARTS) is 1. The van der Waals surface area contributed by atoms with E-state index in [2.05, 4.69) is 0 Å². The quantitative estimate of drug-likeness (QED) is 0.213. The lowest BCUT2D eigenvalue weighted by molar-refractivity contribution is -0.288. The minimum atomic E-state index is -1.90. The zero-order chi connectivity index (χ0) is 25.2. The molecular weight excluding hydrogens is 466 g/mol. The van der Waals surface area contributed by atoms with E-state index in [0.717, 1.165) is 19.3 Å². The summed E-state index contributed by atoms with van der Waals surface area (Å²) in [4.78, 5) is 51.8. The van der Waals surface area contributed by atoms with Gasteiger partial charge in [0.1, 0.15) is 18.3 Å². The van der Waals surface area contributed by atoms with Crippen molar-refractivity contribution in [2.45, 2.75) is 75.3 Å². The summed E-state index contributed by atoms with van der Waals surface area (Å²) in [7, 11) is 0. The molecule has 3 saturated carbocycles. The van der Waals surface area contributed by atoms with Crippen molar-refractivity contribution in [3.8, 4) is 0 Å². The highest BCUT2D eigenvalue weighted by Crippen LogP contribution is 2.56. The summed E-state index contributed by atoms with van der Waals surface area (Å²) in [6.45, 7) is 0.0487. The maximum atomic E-state index is 13.1. The zero-order valence-electron chi connectivity index (χ0n) is 19.0. The van der Waals surface area contributed by atoms with E-state index in [1.165, 1.54) is 4.90 Å². The molecule has 35 heavy (non-hydrogen) atoms. The highest BCUT2D eigenvalue weighted by molar-refractivity contribution is 6.06. The monoisotopic (exact) mass is 497 g/mol. The normalized spacial score (nSPS) is 47.1. The predicted molar refractivity (Wildman–Crippen MR) is 112 cm³/mol. The molecule has 3 aliphatic carbocycles. The largest absolute Gasteiger partial charge is 0.479 e. The van der Waals surface area contributed by atoms with Crippen molar-refractivity contribution in [2.75, 3.05) is 6.54 Å². The number of likely N-dealkylation sites (tertiary alicyclic amines) is 1. The first-order valence-electron chi connectivity index (χ1n) is 12.3. The lowest BCUT2D eigenvalue weighted by Crippen LogP contribution is -2.61. The fourth-order valence-corrected chi connectivity index (χ4v) is 7.00. The van der Waals surface area contributed by atoms with E-state index in [1.807, 2.05) is 0 Å². The number of ether oxygens (including phenoxy) is 2. The van der Waals surface area contributed by atoms with Crippen LogP contribution < -0.4 is 0 Å². The molecule has 5 aliphatic rings. The lowest BCUT2D eigenvalue weighted by atomic mass is 9.79. The van der Waals surface area contributed by atoms with Crippen LogP contribution in [0.25, 0.3) is 0 Å². The van der Waals surface area contributed by atoms with E-state index in [-0.39, 0.29) is 30.2 Å². The molecule has 2 amide bonds. The first kappa shape index (κ1) is 24.6. The van der Waals surface area contributed by atoms with Crippen LogP contribution in [0.5, 0.6) is 0 Å². The lowest BCUT2D eigenvalue weighted by Gasteiger charge is -2.39. The van der Waals surface area contributed by atoms with Gasteiger partial charge in [0, 0.05) is 6.54 Å². The molecule has 2 aliphatic heterocycles. The van der Waals surface area contributed by atoms with Gasteiger partial charge in [0.2, 0.25) is 18.1 Å². The van der Waals surface area contributed by atoms with Gasteiger partial charge in [-0.05, 0) is 43.4 Å². The van der Waals surface area contributed by atoms with Crippen molar-refractivity contribution in [3.63, 3.8) is 0 Å². The molecule has 2 heterocycles. The number of carbonyl (C=O) groups excluding carboxylic acids is 3. The smallest absolute Gasteiger partial charge is 0.335 e. The number of nitrogens with zero attached hydrogens (tertiary/aromatic N) is 1. The van der Waals surface area contributed by atoms with Crippen molar-refractivity contribution < 1.29 is 54.2 Å². The number of aliphatic hydroxyl groups excluding tert-OH is 4. The van der Waals surface area contributed by atoms with Gasteiger partial charge in [-0.1, -0.05) is 12.8 Å². The molecule has 12 nitrogen and oxygen atoms in total. The molecule has 194 valence electrons. The highest BCUT2D eigenvalue weighted by atomic mass is 16.7. The minimum Gasteiger partial charge on any atom is -0.479 e. The Kier molecular flexibility index (Phi) is 6.37. The Labute approximate surface area is 200 Å². The number of fused-ring (bicyclic) bond motifs is 5. The number of imide groups is 1. The second-order valence-corrected chi connectivity index (χ2v) is 10.6. The Morgan fingerprint density at radius 1 is 0.857 bits per heavy atom. The summed E-state index contributed by atoms with van der Waals surface area (Å²) in [5.41, 5.74) is 0. The second kappa shape index (κ2) is 9.07. The van der Waals surface area contributed by atoms with E-state index in [1.54, 1.807) is 0 Å². The first-order chi connectivity index (χ1) is 16.6. The van der Waals surface area contributed by atoms with Crippen LogP contribution in [0.15, 0.2) is 0 Å². The maximum absolute atomic E-state index is 13.1. The molecule has 5 fully saturated rings.